The minimum absolute atomic E-state index is 0.0637. The van der Waals surface area contributed by atoms with Crippen LogP contribution >= 0.6 is 11.3 Å². The third kappa shape index (κ3) is 5.87. The molecule has 0 amide bonds. The monoisotopic (exact) mass is 675 g/mol. The van der Waals surface area contributed by atoms with Gasteiger partial charge in [-0.05, 0) is 58.3 Å². The maximum atomic E-state index is 15.1. The van der Waals surface area contributed by atoms with Crippen LogP contribution in [-0.2, 0) is 16.0 Å². The van der Waals surface area contributed by atoms with Gasteiger partial charge >= 0.3 is 0 Å². The second-order valence-corrected chi connectivity index (χ2v) is 14.8. The summed E-state index contributed by atoms with van der Waals surface area (Å²) in [7, 11) is 5.86. The highest BCUT2D eigenvalue weighted by molar-refractivity contribution is 7.23. The van der Waals surface area contributed by atoms with E-state index in [1.54, 1.807) is 23.6 Å². The van der Waals surface area contributed by atoms with Crippen molar-refractivity contribution in [1.82, 2.24) is 29.3 Å². The average Bonchev–Trinajstić information content (AvgIpc) is 3.85. The maximum absolute atomic E-state index is 15.1. The number of benzene rings is 1. The molecule has 0 radical (unpaired) electrons. The molecule has 3 atom stereocenters. The van der Waals surface area contributed by atoms with Gasteiger partial charge < -0.3 is 28.6 Å². The van der Waals surface area contributed by atoms with Gasteiger partial charge in [0.1, 0.15) is 35.7 Å². The second kappa shape index (κ2) is 12.5. The number of halogens is 1. The molecule has 48 heavy (non-hydrogen) atoms. The second-order valence-electron chi connectivity index (χ2n) is 13.8. The zero-order chi connectivity index (χ0) is 33.8. The zero-order valence-corrected chi connectivity index (χ0v) is 29.2. The number of anilines is 1. The number of hydrogen-bond donors (Lipinski definition) is 0. The molecule has 0 N–H and O–H groups in total. The Morgan fingerprint density at radius 3 is 2.67 bits per heavy atom. The zero-order valence-electron chi connectivity index (χ0n) is 28.4. The lowest BCUT2D eigenvalue weighted by atomic mass is 9.92. The van der Waals surface area contributed by atoms with Crippen LogP contribution in [0.3, 0.4) is 0 Å². The number of fused-ring (bicyclic) bond motifs is 3. The number of likely N-dealkylation sites (N-methyl/N-ethyl adjacent to an activating group) is 1. The van der Waals surface area contributed by atoms with Gasteiger partial charge in [0.25, 0.3) is 0 Å². The van der Waals surface area contributed by atoms with E-state index in [0.29, 0.717) is 69.9 Å². The molecule has 3 saturated heterocycles. The number of nitrogens with zero attached hydrogens (tertiary/aromatic N) is 9. The van der Waals surface area contributed by atoms with Crippen LogP contribution in [-0.4, -0.2) is 107 Å². The standard InChI is InChI=1S/C34H42FN9O3S/c1-7-11-34(12-8-13-42(34)6)18-45-30-27-29(39-32(40-30)43-16-24-25(17-43)47-33(2,3)46-24)44(20-37-27)15-21-9-10-23(35)28-26(21)22(14-36)31(48-28)38-19-41(4)5/h9-10,19-20,24-25H,7-8,11-13,15-18H2,1-6H3/b38-19+. The third-order valence-corrected chi connectivity index (χ3v) is 10.8. The van der Waals surface area contributed by atoms with Gasteiger partial charge in [0.05, 0.1) is 35.0 Å². The summed E-state index contributed by atoms with van der Waals surface area (Å²) in [5.41, 5.74) is 2.20. The molecule has 3 unspecified atom stereocenters. The Morgan fingerprint density at radius 2 is 2.00 bits per heavy atom. The van der Waals surface area contributed by atoms with Gasteiger partial charge in [-0.15, -0.1) is 11.3 Å². The minimum Gasteiger partial charge on any atom is -0.474 e. The highest BCUT2D eigenvalue weighted by Crippen LogP contribution is 2.41. The molecule has 7 rings (SSSR count). The van der Waals surface area contributed by atoms with Crippen molar-refractivity contribution < 1.29 is 18.6 Å². The number of rotatable bonds is 10. The molecule has 3 aliphatic rings. The lowest BCUT2D eigenvalue weighted by molar-refractivity contribution is -0.147. The van der Waals surface area contributed by atoms with Crippen molar-refractivity contribution in [2.45, 2.75) is 76.5 Å². The normalized spacial score (nSPS) is 23.9. The first-order chi connectivity index (χ1) is 23.0. The van der Waals surface area contributed by atoms with E-state index in [-0.39, 0.29) is 23.6 Å². The van der Waals surface area contributed by atoms with Gasteiger partial charge in [-0.3, -0.25) is 4.90 Å². The largest absolute Gasteiger partial charge is 0.474 e. The summed E-state index contributed by atoms with van der Waals surface area (Å²) < 4.78 is 36.4. The van der Waals surface area contributed by atoms with Crippen LogP contribution in [0.25, 0.3) is 21.3 Å². The predicted octanol–water partition coefficient (Wildman–Crippen LogP) is 5.30. The van der Waals surface area contributed by atoms with Crippen LogP contribution in [0.5, 0.6) is 5.88 Å². The minimum atomic E-state index is -0.623. The van der Waals surface area contributed by atoms with Crippen molar-refractivity contribution in [2.24, 2.45) is 4.99 Å². The Labute approximate surface area is 283 Å². The fraction of sp³-hybridized carbons (Fsp3) is 0.559. The predicted molar refractivity (Wildman–Crippen MR) is 184 cm³/mol. The van der Waals surface area contributed by atoms with Gasteiger partial charge in [0, 0.05) is 32.6 Å². The fourth-order valence-electron chi connectivity index (χ4n) is 7.37. The van der Waals surface area contributed by atoms with Crippen molar-refractivity contribution in [1.29, 1.82) is 5.26 Å². The van der Waals surface area contributed by atoms with E-state index in [2.05, 4.69) is 34.8 Å². The summed E-state index contributed by atoms with van der Waals surface area (Å²) in [5.74, 6) is -0.0629. The molecule has 0 aliphatic carbocycles. The van der Waals surface area contributed by atoms with E-state index in [1.165, 1.54) is 17.4 Å². The summed E-state index contributed by atoms with van der Waals surface area (Å²) in [5, 5.41) is 11.2. The molecule has 254 valence electrons. The third-order valence-electron chi connectivity index (χ3n) is 9.64. The van der Waals surface area contributed by atoms with E-state index in [1.807, 2.05) is 32.5 Å². The van der Waals surface area contributed by atoms with Gasteiger partial charge in [-0.1, -0.05) is 19.4 Å². The molecule has 0 spiro atoms. The summed E-state index contributed by atoms with van der Waals surface area (Å²) in [4.78, 5) is 25.5. The Balaban J connectivity index is 1.28. The highest BCUT2D eigenvalue weighted by Gasteiger charge is 2.47. The topological polar surface area (TPSA) is 117 Å². The number of nitriles is 1. The Hall–Kier alpha value is -3.90. The van der Waals surface area contributed by atoms with Crippen molar-refractivity contribution in [3.8, 4) is 11.9 Å². The molecule has 14 heteroatoms. The van der Waals surface area contributed by atoms with Gasteiger partial charge in [-0.25, -0.2) is 14.4 Å². The van der Waals surface area contributed by atoms with Crippen LogP contribution in [0, 0.1) is 17.1 Å². The number of ether oxygens (including phenoxy) is 3. The van der Waals surface area contributed by atoms with E-state index >= 15 is 4.39 Å². The molecule has 3 aromatic heterocycles. The van der Waals surface area contributed by atoms with Crippen LogP contribution in [0.1, 0.15) is 57.6 Å². The maximum Gasteiger partial charge on any atom is 0.247 e. The smallest absolute Gasteiger partial charge is 0.247 e. The van der Waals surface area contributed by atoms with E-state index in [4.69, 9.17) is 29.2 Å². The van der Waals surface area contributed by atoms with E-state index < -0.39 is 5.79 Å². The Bertz CT molecular complexity index is 1900. The molecule has 3 fully saturated rings. The molecule has 0 saturated carbocycles. The molecular weight excluding hydrogens is 633 g/mol. The lowest BCUT2D eigenvalue weighted by Crippen LogP contribution is -2.46. The molecule has 0 bridgehead atoms. The number of imidazole rings is 1. The van der Waals surface area contributed by atoms with Crippen molar-refractivity contribution in [3.05, 3.63) is 35.4 Å². The van der Waals surface area contributed by atoms with Crippen LogP contribution in [0.15, 0.2) is 23.5 Å². The van der Waals surface area contributed by atoms with Crippen molar-refractivity contribution in [3.63, 3.8) is 0 Å². The summed E-state index contributed by atoms with van der Waals surface area (Å²) in [6.07, 6.45) is 7.43. The first kappa shape index (κ1) is 32.6. The Kier molecular flexibility index (Phi) is 8.52. The van der Waals surface area contributed by atoms with Gasteiger partial charge in [0.2, 0.25) is 11.8 Å². The van der Waals surface area contributed by atoms with Gasteiger partial charge in [0.15, 0.2) is 17.0 Å². The first-order valence-electron chi connectivity index (χ1n) is 16.5. The number of aliphatic imine (C=N–C) groups is 1. The SMILES string of the molecule is CCCC1(COc2nc(N3CC4OC(C)(C)OC4C3)nc3c2ncn3Cc2ccc(F)c3sc(/N=C/N(C)C)c(C#N)c23)CCCN1C. The molecule has 3 aliphatic heterocycles. The molecule has 1 aromatic carbocycles. The Morgan fingerprint density at radius 1 is 1.23 bits per heavy atom. The first-order valence-corrected chi connectivity index (χ1v) is 17.3. The van der Waals surface area contributed by atoms with Crippen LogP contribution in [0.2, 0.25) is 0 Å². The molecule has 12 nitrogen and oxygen atoms in total. The summed E-state index contributed by atoms with van der Waals surface area (Å²) in [6, 6.07) is 5.44. The van der Waals surface area contributed by atoms with Crippen molar-refractivity contribution >= 4 is 49.9 Å². The van der Waals surface area contributed by atoms with E-state index in [0.717, 1.165) is 37.8 Å². The lowest BCUT2D eigenvalue weighted by Gasteiger charge is -2.35. The fourth-order valence-corrected chi connectivity index (χ4v) is 8.42. The van der Waals surface area contributed by atoms with Crippen molar-refractivity contribution in [2.75, 3.05) is 52.3 Å². The molecule has 4 aromatic rings. The quantitative estimate of drug-likeness (QED) is 0.162. The molecule has 6 heterocycles. The van der Waals surface area contributed by atoms with Gasteiger partial charge in [-0.2, -0.15) is 15.2 Å². The molecular formula is C34H42FN9O3S. The number of thiophene rings is 1. The number of hydrogen-bond acceptors (Lipinski definition) is 11. The van der Waals surface area contributed by atoms with Crippen LogP contribution < -0.4 is 9.64 Å². The average molecular weight is 676 g/mol. The number of aromatic nitrogens is 4. The summed E-state index contributed by atoms with van der Waals surface area (Å²) in [6.45, 7) is 9.10. The van der Waals surface area contributed by atoms with E-state index in [9.17, 15) is 5.26 Å². The highest BCUT2D eigenvalue weighted by atomic mass is 32.1. The summed E-state index contributed by atoms with van der Waals surface area (Å²) >= 11 is 1.17. The van der Waals surface area contributed by atoms with Crippen LogP contribution in [0.4, 0.5) is 15.3 Å². The number of likely N-dealkylation sites (tertiary alicyclic amines) is 1.